The highest BCUT2D eigenvalue weighted by molar-refractivity contribution is 6.04. The summed E-state index contributed by atoms with van der Waals surface area (Å²) in [4.78, 5) is 27.5. The van der Waals surface area contributed by atoms with Crippen LogP contribution in [0.25, 0.3) is 0 Å². The van der Waals surface area contributed by atoms with Crippen molar-refractivity contribution in [1.82, 2.24) is 9.97 Å². The van der Waals surface area contributed by atoms with Gasteiger partial charge in [-0.05, 0) is 43.5 Å². The van der Waals surface area contributed by atoms with E-state index < -0.39 is 12.1 Å². The number of anilines is 4. The molecule has 2 aromatic rings. The van der Waals surface area contributed by atoms with E-state index in [2.05, 4.69) is 15.2 Å². The fourth-order valence-corrected chi connectivity index (χ4v) is 4.70. The number of hydrogen-bond donors (Lipinski definition) is 1. The van der Waals surface area contributed by atoms with Crippen LogP contribution in [0, 0.1) is 5.92 Å². The molecule has 164 valence electrons. The van der Waals surface area contributed by atoms with Crippen LogP contribution >= 0.6 is 0 Å². The number of aromatic nitrogens is 2. The van der Waals surface area contributed by atoms with Crippen molar-refractivity contribution in [2.75, 3.05) is 46.2 Å². The minimum Gasteiger partial charge on any atom is -0.366 e. The number of piperidine rings is 1. The predicted molar refractivity (Wildman–Crippen MR) is 112 cm³/mol. The molecule has 2 aromatic heterocycles. The van der Waals surface area contributed by atoms with Crippen molar-refractivity contribution in [2.24, 2.45) is 5.92 Å². The molecule has 3 aliphatic rings. The maximum Gasteiger partial charge on any atom is 0.393 e. The molecule has 0 aromatic carbocycles. The number of fused-ring (bicyclic) bond motifs is 4. The molecule has 31 heavy (non-hydrogen) atoms. The van der Waals surface area contributed by atoms with Crippen molar-refractivity contribution in [3.63, 3.8) is 0 Å². The van der Waals surface area contributed by atoms with Crippen molar-refractivity contribution in [1.29, 1.82) is 0 Å². The van der Waals surface area contributed by atoms with Gasteiger partial charge < -0.3 is 9.80 Å². The molecule has 1 unspecified atom stereocenters. The SMILES string of the molecule is O=C(Nc1ccccn1)N1c2nc(N3CCC[C@@H](C(F)(F)F)C3)ccc2N2CCC1C2. The highest BCUT2D eigenvalue weighted by atomic mass is 19.4. The number of hydrogen-bond acceptors (Lipinski definition) is 5. The van der Waals surface area contributed by atoms with E-state index in [1.807, 2.05) is 6.07 Å². The van der Waals surface area contributed by atoms with E-state index in [1.165, 1.54) is 0 Å². The van der Waals surface area contributed by atoms with E-state index in [0.717, 1.165) is 18.7 Å². The maximum absolute atomic E-state index is 13.3. The Kier molecular flexibility index (Phi) is 4.86. The van der Waals surface area contributed by atoms with E-state index >= 15 is 0 Å². The number of alkyl halides is 3. The predicted octanol–water partition coefficient (Wildman–Crippen LogP) is 3.89. The second kappa shape index (κ2) is 7.58. The summed E-state index contributed by atoms with van der Waals surface area (Å²) >= 11 is 0. The fraction of sp³-hybridized carbons (Fsp3) is 0.476. The van der Waals surface area contributed by atoms with Crippen LogP contribution in [0.2, 0.25) is 0 Å². The second-order valence-electron chi connectivity index (χ2n) is 8.24. The molecule has 1 N–H and O–H groups in total. The van der Waals surface area contributed by atoms with Crippen LogP contribution in [0.15, 0.2) is 36.5 Å². The van der Waals surface area contributed by atoms with Crippen LogP contribution in [0.1, 0.15) is 19.3 Å². The van der Waals surface area contributed by atoms with Crippen LogP contribution in [-0.4, -0.2) is 54.4 Å². The number of carbonyl (C=O) groups is 1. The molecule has 2 fully saturated rings. The quantitative estimate of drug-likeness (QED) is 0.780. The van der Waals surface area contributed by atoms with Gasteiger partial charge in [-0.25, -0.2) is 14.8 Å². The Labute approximate surface area is 177 Å². The highest BCUT2D eigenvalue weighted by Gasteiger charge is 2.43. The molecule has 7 nitrogen and oxygen atoms in total. The normalized spacial score (nSPS) is 23.0. The maximum atomic E-state index is 13.3. The van der Waals surface area contributed by atoms with Gasteiger partial charge in [0.05, 0.1) is 17.6 Å². The highest BCUT2D eigenvalue weighted by Crippen LogP contribution is 2.41. The standard InChI is InChI=1S/C21H23F3N6O/c22-21(23,24)14-4-3-10-29(12-14)18-7-6-16-19(27-18)30(15-8-11-28(16)13-15)20(31)26-17-5-1-2-9-25-17/h1-2,5-7,9,14-15H,3-4,8,10-13H2,(H,25,26,31)/t14-,15?/m1/s1. The molecule has 3 aliphatic heterocycles. The zero-order chi connectivity index (χ0) is 21.6. The van der Waals surface area contributed by atoms with Crippen LogP contribution in [0.3, 0.4) is 0 Å². The molecule has 5 heterocycles. The Morgan fingerprint density at radius 2 is 1.94 bits per heavy atom. The van der Waals surface area contributed by atoms with Crippen molar-refractivity contribution >= 4 is 29.2 Å². The molecule has 0 radical (unpaired) electrons. The van der Waals surface area contributed by atoms with Crippen molar-refractivity contribution < 1.29 is 18.0 Å². The zero-order valence-corrected chi connectivity index (χ0v) is 16.8. The third kappa shape index (κ3) is 3.75. The molecule has 0 aliphatic carbocycles. The van der Waals surface area contributed by atoms with Crippen molar-refractivity contribution in [3.05, 3.63) is 36.5 Å². The minimum absolute atomic E-state index is 0.0387. The molecule has 0 spiro atoms. The van der Waals surface area contributed by atoms with E-state index in [9.17, 15) is 18.0 Å². The third-order valence-electron chi connectivity index (χ3n) is 6.26. The van der Waals surface area contributed by atoms with Crippen molar-refractivity contribution in [2.45, 2.75) is 31.5 Å². The molecule has 0 saturated carbocycles. The Hall–Kier alpha value is -3.04. The van der Waals surface area contributed by atoms with Gasteiger partial charge >= 0.3 is 12.2 Å². The van der Waals surface area contributed by atoms with Gasteiger partial charge in [-0.15, -0.1) is 0 Å². The van der Waals surface area contributed by atoms with E-state index in [-0.39, 0.29) is 25.0 Å². The number of pyridine rings is 2. The Morgan fingerprint density at radius 3 is 2.71 bits per heavy atom. The molecule has 2 amide bonds. The topological polar surface area (TPSA) is 64.6 Å². The first-order chi connectivity index (χ1) is 14.9. The summed E-state index contributed by atoms with van der Waals surface area (Å²) < 4.78 is 39.8. The number of urea groups is 1. The fourth-order valence-electron chi connectivity index (χ4n) is 4.70. The second-order valence-corrected chi connectivity index (χ2v) is 8.24. The summed E-state index contributed by atoms with van der Waals surface area (Å²) in [5.41, 5.74) is 0.832. The lowest BCUT2D eigenvalue weighted by molar-refractivity contribution is -0.176. The number of halogens is 3. The third-order valence-corrected chi connectivity index (χ3v) is 6.26. The van der Waals surface area contributed by atoms with Crippen molar-refractivity contribution in [3.8, 4) is 0 Å². The van der Waals surface area contributed by atoms with Crippen LogP contribution in [0.5, 0.6) is 0 Å². The van der Waals surface area contributed by atoms with Gasteiger partial charge in [-0.3, -0.25) is 10.2 Å². The summed E-state index contributed by atoms with van der Waals surface area (Å²) in [5, 5.41) is 2.82. The lowest BCUT2D eigenvalue weighted by atomic mass is 9.97. The number of carbonyl (C=O) groups excluding carboxylic acids is 1. The number of amides is 2. The van der Waals surface area contributed by atoms with Crippen LogP contribution in [-0.2, 0) is 0 Å². The van der Waals surface area contributed by atoms with Gasteiger partial charge in [0.25, 0.3) is 0 Å². The minimum atomic E-state index is -4.22. The summed E-state index contributed by atoms with van der Waals surface area (Å²) in [6.07, 6.45) is -1.21. The summed E-state index contributed by atoms with van der Waals surface area (Å²) in [5.74, 6) is 0.0527. The molecular weight excluding hydrogens is 409 g/mol. The monoisotopic (exact) mass is 432 g/mol. The first-order valence-electron chi connectivity index (χ1n) is 10.5. The molecular formula is C21H23F3N6O. The lowest BCUT2D eigenvalue weighted by Gasteiger charge is -2.38. The Balaban J connectivity index is 1.45. The average Bonchev–Trinajstić information content (AvgIpc) is 3.18. The number of rotatable bonds is 2. The summed E-state index contributed by atoms with van der Waals surface area (Å²) in [6, 6.07) is 8.53. The molecule has 2 atom stereocenters. The van der Waals surface area contributed by atoms with Crippen LogP contribution in [0.4, 0.5) is 41.1 Å². The summed E-state index contributed by atoms with van der Waals surface area (Å²) in [7, 11) is 0. The summed E-state index contributed by atoms with van der Waals surface area (Å²) in [6.45, 7) is 1.93. The first-order valence-corrected chi connectivity index (χ1v) is 10.5. The molecule has 2 bridgehead atoms. The lowest BCUT2D eigenvalue weighted by Crippen LogP contribution is -2.48. The van der Waals surface area contributed by atoms with Gasteiger partial charge in [0.1, 0.15) is 11.6 Å². The Bertz CT molecular complexity index is 969. The molecule has 10 heteroatoms. The number of nitrogens with one attached hydrogen (secondary N) is 1. The Morgan fingerprint density at radius 1 is 1.06 bits per heavy atom. The van der Waals surface area contributed by atoms with Gasteiger partial charge in [-0.2, -0.15) is 13.2 Å². The van der Waals surface area contributed by atoms with Gasteiger partial charge in [0, 0.05) is 32.4 Å². The van der Waals surface area contributed by atoms with E-state index in [1.54, 1.807) is 40.3 Å². The smallest absolute Gasteiger partial charge is 0.366 e. The molecule has 5 rings (SSSR count). The van der Waals surface area contributed by atoms with E-state index in [0.29, 0.717) is 37.0 Å². The molecule has 2 saturated heterocycles. The van der Waals surface area contributed by atoms with E-state index in [4.69, 9.17) is 4.98 Å². The zero-order valence-electron chi connectivity index (χ0n) is 16.8. The van der Waals surface area contributed by atoms with Gasteiger partial charge in [0.2, 0.25) is 0 Å². The number of nitrogens with zero attached hydrogens (tertiary/aromatic N) is 5. The van der Waals surface area contributed by atoms with Crippen LogP contribution < -0.4 is 20.0 Å². The largest absolute Gasteiger partial charge is 0.393 e. The average molecular weight is 432 g/mol. The van der Waals surface area contributed by atoms with Gasteiger partial charge in [0.15, 0.2) is 5.82 Å². The van der Waals surface area contributed by atoms with Gasteiger partial charge in [-0.1, -0.05) is 6.07 Å². The first kappa shape index (κ1) is 19.9.